The summed E-state index contributed by atoms with van der Waals surface area (Å²) in [5.74, 6) is 0.664. The Hall–Kier alpha value is -1.96. The van der Waals surface area contributed by atoms with Gasteiger partial charge in [-0.25, -0.2) is 4.98 Å². The lowest BCUT2D eigenvalue weighted by atomic mass is 9.84. The Morgan fingerprint density at radius 1 is 1.28 bits per heavy atom. The predicted molar refractivity (Wildman–Crippen MR) is 96.4 cm³/mol. The molecule has 2 atom stereocenters. The maximum absolute atomic E-state index is 10.6. The number of nitrogens with two attached hydrogens (primary N) is 1. The molecule has 0 amide bonds. The van der Waals surface area contributed by atoms with Gasteiger partial charge >= 0.3 is 0 Å². The number of aryl methyl sites for hydroxylation is 1. The third kappa shape index (κ3) is 4.18. The number of aliphatic hydroxyl groups is 2. The molecule has 7 nitrogen and oxygen atoms in total. The van der Waals surface area contributed by atoms with Crippen LogP contribution >= 0.6 is 0 Å². The summed E-state index contributed by atoms with van der Waals surface area (Å²) in [4.78, 5) is 4.21. The molecule has 136 valence electrons. The summed E-state index contributed by atoms with van der Waals surface area (Å²) in [5, 5.41) is 27.7. The summed E-state index contributed by atoms with van der Waals surface area (Å²) < 4.78 is 1.71. The average Bonchev–Trinajstić information content (AvgIpc) is 3.07. The second-order valence-corrected chi connectivity index (χ2v) is 6.86. The number of pyridine rings is 1. The Labute approximate surface area is 147 Å². The molecule has 1 saturated carbocycles. The largest absolute Gasteiger partial charge is 0.395 e. The zero-order chi connectivity index (χ0) is 17.8. The van der Waals surface area contributed by atoms with E-state index in [9.17, 15) is 10.2 Å². The van der Waals surface area contributed by atoms with Gasteiger partial charge in [-0.3, -0.25) is 10.00 Å². The molecule has 2 heterocycles. The van der Waals surface area contributed by atoms with Gasteiger partial charge in [0.05, 0.1) is 12.8 Å². The van der Waals surface area contributed by atoms with Gasteiger partial charge in [0.2, 0.25) is 0 Å². The molecule has 0 radical (unpaired) electrons. The minimum absolute atomic E-state index is 0.00262. The van der Waals surface area contributed by atoms with Crippen LogP contribution < -0.4 is 11.1 Å². The van der Waals surface area contributed by atoms with E-state index in [1.807, 2.05) is 19.3 Å². The molecule has 1 unspecified atom stereocenters. The zero-order valence-electron chi connectivity index (χ0n) is 14.6. The number of nitrogen functional groups attached to an aromatic ring is 1. The normalized spacial score (nSPS) is 18.2. The number of rotatable bonds is 6. The molecule has 0 aliphatic heterocycles. The molecule has 0 spiro atoms. The van der Waals surface area contributed by atoms with Crippen LogP contribution in [0.4, 0.5) is 5.82 Å². The van der Waals surface area contributed by atoms with Crippen molar-refractivity contribution in [3.05, 3.63) is 30.2 Å². The molecular formula is C18H27N5O2. The number of aliphatic hydroxyl groups excluding tert-OH is 2. The Bertz CT molecular complexity index is 697. The number of nitrogens with zero attached hydrogens (tertiary/aromatic N) is 3. The van der Waals surface area contributed by atoms with Gasteiger partial charge in [0.15, 0.2) is 0 Å². The summed E-state index contributed by atoms with van der Waals surface area (Å²) in [5.41, 5.74) is 8.25. The summed E-state index contributed by atoms with van der Waals surface area (Å²) in [6, 6.07) is 1.68. The predicted octanol–water partition coefficient (Wildman–Crippen LogP) is 1.59. The molecular weight excluding hydrogens is 318 g/mol. The van der Waals surface area contributed by atoms with E-state index in [-0.39, 0.29) is 18.5 Å². The molecule has 25 heavy (non-hydrogen) atoms. The van der Waals surface area contributed by atoms with E-state index in [4.69, 9.17) is 5.73 Å². The molecule has 2 aromatic rings. The molecule has 0 bridgehead atoms. The van der Waals surface area contributed by atoms with Gasteiger partial charge in [-0.2, -0.15) is 5.10 Å². The second kappa shape index (κ2) is 7.95. The number of hydrogen-bond donors (Lipinski definition) is 4. The highest BCUT2D eigenvalue weighted by atomic mass is 16.3. The van der Waals surface area contributed by atoms with E-state index in [1.165, 1.54) is 19.3 Å². The van der Waals surface area contributed by atoms with Crippen LogP contribution in [-0.2, 0) is 7.05 Å². The van der Waals surface area contributed by atoms with Gasteiger partial charge in [-0.1, -0.05) is 19.3 Å². The van der Waals surface area contributed by atoms with E-state index in [0.717, 1.165) is 24.0 Å². The first-order valence-corrected chi connectivity index (χ1v) is 8.88. The highest BCUT2D eigenvalue weighted by Gasteiger charge is 2.26. The quantitative estimate of drug-likeness (QED) is 0.592. The van der Waals surface area contributed by atoms with Crippen LogP contribution in [0.5, 0.6) is 0 Å². The van der Waals surface area contributed by atoms with E-state index >= 15 is 0 Å². The lowest BCUT2D eigenvalue weighted by Gasteiger charge is -2.31. The fourth-order valence-electron chi connectivity index (χ4n) is 3.61. The van der Waals surface area contributed by atoms with E-state index in [2.05, 4.69) is 15.4 Å². The first kappa shape index (κ1) is 17.8. The molecule has 1 fully saturated rings. The average molecular weight is 345 g/mol. The van der Waals surface area contributed by atoms with Gasteiger partial charge in [0.1, 0.15) is 12.0 Å². The Morgan fingerprint density at radius 3 is 2.68 bits per heavy atom. The standard InChI is InChI=1S/C18H27N5O2/c1-23-10-14(9-21-23)13-7-15(17(19)20-8-13)18(25)22-16(11-24)12-5-3-2-4-6-12/h7-10,12,16,18,22,24-25H,2-6,11H2,1H3,(H2,19,20)/t16-,18?/m0/s1. The lowest BCUT2D eigenvalue weighted by Crippen LogP contribution is -2.42. The smallest absolute Gasteiger partial charge is 0.134 e. The zero-order valence-corrected chi connectivity index (χ0v) is 14.6. The monoisotopic (exact) mass is 345 g/mol. The van der Waals surface area contributed by atoms with Gasteiger partial charge in [0.25, 0.3) is 0 Å². The van der Waals surface area contributed by atoms with Crippen LogP contribution in [0.25, 0.3) is 11.1 Å². The van der Waals surface area contributed by atoms with Crippen molar-refractivity contribution in [2.75, 3.05) is 12.3 Å². The first-order chi connectivity index (χ1) is 12.1. The van der Waals surface area contributed by atoms with Crippen molar-refractivity contribution in [2.24, 2.45) is 13.0 Å². The maximum atomic E-state index is 10.6. The van der Waals surface area contributed by atoms with Crippen molar-refractivity contribution in [1.29, 1.82) is 0 Å². The van der Waals surface area contributed by atoms with Gasteiger partial charge in [0, 0.05) is 42.2 Å². The number of aromatic nitrogens is 3. The molecule has 7 heteroatoms. The highest BCUT2D eigenvalue weighted by molar-refractivity contribution is 5.64. The van der Waals surface area contributed by atoms with Crippen molar-refractivity contribution < 1.29 is 10.2 Å². The minimum Gasteiger partial charge on any atom is -0.395 e. The molecule has 2 aromatic heterocycles. The minimum atomic E-state index is -0.969. The Balaban J connectivity index is 1.77. The Morgan fingerprint density at radius 2 is 2.04 bits per heavy atom. The maximum Gasteiger partial charge on any atom is 0.134 e. The van der Waals surface area contributed by atoms with Crippen LogP contribution in [0.15, 0.2) is 24.7 Å². The van der Waals surface area contributed by atoms with Crippen molar-refractivity contribution in [2.45, 2.75) is 44.4 Å². The number of nitrogens with one attached hydrogen (secondary N) is 1. The van der Waals surface area contributed by atoms with Crippen molar-refractivity contribution in [3.63, 3.8) is 0 Å². The van der Waals surface area contributed by atoms with Crippen LogP contribution in [-0.4, -0.2) is 37.6 Å². The van der Waals surface area contributed by atoms with Crippen molar-refractivity contribution in [1.82, 2.24) is 20.1 Å². The summed E-state index contributed by atoms with van der Waals surface area (Å²) in [7, 11) is 1.85. The van der Waals surface area contributed by atoms with Gasteiger partial charge in [-0.05, 0) is 24.8 Å². The molecule has 5 N–H and O–H groups in total. The SMILES string of the molecule is Cn1cc(-c2cnc(N)c(C(O)N[C@@H](CO)C3CCCCC3)c2)cn1. The van der Waals surface area contributed by atoms with Crippen LogP contribution in [0.1, 0.15) is 43.9 Å². The molecule has 1 aliphatic carbocycles. The molecule has 0 saturated heterocycles. The fraction of sp³-hybridized carbons (Fsp3) is 0.556. The number of hydrogen-bond acceptors (Lipinski definition) is 6. The molecule has 3 rings (SSSR count). The lowest BCUT2D eigenvalue weighted by molar-refractivity contribution is 0.0766. The fourth-order valence-corrected chi connectivity index (χ4v) is 3.61. The van der Waals surface area contributed by atoms with Crippen LogP contribution in [0.3, 0.4) is 0 Å². The number of anilines is 1. The van der Waals surface area contributed by atoms with E-state index in [0.29, 0.717) is 11.5 Å². The summed E-state index contributed by atoms with van der Waals surface area (Å²) in [6.45, 7) is -0.00262. The van der Waals surface area contributed by atoms with Crippen LogP contribution in [0.2, 0.25) is 0 Å². The molecule has 0 aromatic carbocycles. The summed E-state index contributed by atoms with van der Waals surface area (Å²) >= 11 is 0. The first-order valence-electron chi connectivity index (χ1n) is 8.88. The summed E-state index contributed by atoms with van der Waals surface area (Å²) in [6.07, 6.45) is 10.1. The topological polar surface area (TPSA) is 109 Å². The molecule has 1 aliphatic rings. The van der Waals surface area contributed by atoms with Crippen LogP contribution in [0, 0.1) is 5.92 Å². The van der Waals surface area contributed by atoms with Gasteiger partial charge < -0.3 is 15.9 Å². The van der Waals surface area contributed by atoms with Crippen molar-refractivity contribution in [3.8, 4) is 11.1 Å². The van der Waals surface area contributed by atoms with Gasteiger partial charge in [-0.15, -0.1) is 0 Å². The Kier molecular flexibility index (Phi) is 5.67. The van der Waals surface area contributed by atoms with Crippen molar-refractivity contribution >= 4 is 5.82 Å². The third-order valence-corrected chi connectivity index (χ3v) is 5.07. The third-order valence-electron chi connectivity index (χ3n) is 5.07. The van der Waals surface area contributed by atoms with E-state index < -0.39 is 6.23 Å². The second-order valence-electron chi connectivity index (χ2n) is 6.86. The van der Waals surface area contributed by atoms with E-state index in [1.54, 1.807) is 17.1 Å². The highest BCUT2D eigenvalue weighted by Crippen LogP contribution is 2.29.